The Labute approximate surface area is 115 Å². The predicted octanol–water partition coefficient (Wildman–Crippen LogP) is 2.83. The molecule has 2 heterocycles. The van der Waals surface area contributed by atoms with Crippen molar-refractivity contribution in [1.29, 1.82) is 0 Å². The lowest BCUT2D eigenvalue weighted by molar-refractivity contribution is 0.0511. The topological polar surface area (TPSA) is 45.2 Å². The van der Waals surface area contributed by atoms with Crippen molar-refractivity contribution in [3.8, 4) is 0 Å². The van der Waals surface area contributed by atoms with Gasteiger partial charge in [-0.3, -0.25) is 9.78 Å². The number of pyridine rings is 1. The minimum Gasteiger partial charge on any atom is -0.387 e. The monoisotopic (exact) mass is 261 g/mol. The quantitative estimate of drug-likeness (QED) is 0.890. The molecule has 19 heavy (non-hydrogen) atoms. The molecular weight excluding hydrogens is 238 g/mol. The lowest BCUT2D eigenvalue weighted by atomic mass is 9.96. The molecule has 1 aromatic heterocycles. The van der Waals surface area contributed by atoms with E-state index in [1.165, 1.54) is 6.42 Å². The fourth-order valence-electron chi connectivity index (χ4n) is 2.90. The van der Waals surface area contributed by atoms with Crippen molar-refractivity contribution in [1.82, 2.24) is 9.88 Å². The van der Waals surface area contributed by atoms with Crippen molar-refractivity contribution in [2.24, 2.45) is 0 Å². The van der Waals surface area contributed by atoms with E-state index in [4.69, 9.17) is 0 Å². The number of anilines is 1. The summed E-state index contributed by atoms with van der Waals surface area (Å²) in [6.45, 7) is 6.20. The van der Waals surface area contributed by atoms with Crippen LogP contribution in [-0.2, 0) is 0 Å². The van der Waals surface area contributed by atoms with E-state index in [-0.39, 0.29) is 5.91 Å². The van der Waals surface area contributed by atoms with Gasteiger partial charge in [-0.2, -0.15) is 0 Å². The highest BCUT2D eigenvalue weighted by Crippen LogP contribution is 2.26. The van der Waals surface area contributed by atoms with Crippen LogP contribution in [-0.4, -0.2) is 34.9 Å². The molecule has 1 saturated heterocycles. The van der Waals surface area contributed by atoms with E-state index < -0.39 is 0 Å². The Bertz CT molecular complexity index is 462. The summed E-state index contributed by atoms with van der Waals surface area (Å²) in [5.74, 6) is 0.0940. The van der Waals surface area contributed by atoms with Crippen LogP contribution in [0.15, 0.2) is 12.3 Å². The molecule has 2 rings (SSSR count). The molecule has 0 aromatic carbocycles. The van der Waals surface area contributed by atoms with E-state index >= 15 is 0 Å². The number of piperidine rings is 1. The second-order valence-corrected chi connectivity index (χ2v) is 5.46. The molecule has 1 amide bonds. The van der Waals surface area contributed by atoms with Gasteiger partial charge in [0.05, 0.1) is 11.3 Å². The van der Waals surface area contributed by atoms with Crippen molar-refractivity contribution < 1.29 is 4.79 Å². The van der Waals surface area contributed by atoms with Gasteiger partial charge in [0.1, 0.15) is 0 Å². The maximum absolute atomic E-state index is 12.8. The molecule has 2 atom stereocenters. The average molecular weight is 261 g/mol. The number of nitrogens with one attached hydrogen (secondary N) is 1. The zero-order valence-corrected chi connectivity index (χ0v) is 12.2. The van der Waals surface area contributed by atoms with Crippen molar-refractivity contribution in [3.63, 3.8) is 0 Å². The minimum atomic E-state index is 0.0940. The third-order valence-electron chi connectivity index (χ3n) is 3.97. The molecule has 104 valence electrons. The molecule has 0 spiro atoms. The van der Waals surface area contributed by atoms with Crippen LogP contribution in [0.3, 0.4) is 0 Å². The van der Waals surface area contributed by atoms with E-state index in [0.717, 1.165) is 24.2 Å². The first-order valence-electron chi connectivity index (χ1n) is 7.01. The van der Waals surface area contributed by atoms with Crippen molar-refractivity contribution >= 4 is 11.6 Å². The van der Waals surface area contributed by atoms with Gasteiger partial charge in [-0.1, -0.05) is 0 Å². The number of aryl methyl sites for hydroxylation is 1. The number of rotatable bonds is 2. The van der Waals surface area contributed by atoms with Gasteiger partial charge in [-0.25, -0.2) is 0 Å². The highest BCUT2D eigenvalue weighted by Gasteiger charge is 2.30. The highest BCUT2D eigenvalue weighted by molar-refractivity contribution is 5.99. The number of nitrogens with zero attached hydrogens (tertiary/aromatic N) is 2. The van der Waals surface area contributed by atoms with E-state index in [0.29, 0.717) is 17.6 Å². The first kappa shape index (κ1) is 13.8. The summed E-state index contributed by atoms with van der Waals surface area (Å²) in [5.41, 5.74) is 2.46. The minimum absolute atomic E-state index is 0.0940. The second kappa shape index (κ2) is 5.59. The maximum Gasteiger partial charge on any atom is 0.258 e. The summed E-state index contributed by atoms with van der Waals surface area (Å²) in [4.78, 5) is 19.0. The zero-order chi connectivity index (χ0) is 14.0. The molecule has 0 bridgehead atoms. The number of aromatic nitrogens is 1. The summed E-state index contributed by atoms with van der Waals surface area (Å²) in [6, 6.07) is 2.54. The molecule has 0 aliphatic carbocycles. The third kappa shape index (κ3) is 2.72. The Morgan fingerprint density at radius 3 is 2.58 bits per heavy atom. The van der Waals surface area contributed by atoms with Crippen LogP contribution in [0.25, 0.3) is 0 Å². The summed E-state index contributed by atoms with van der Waals surface area (Å²) in [6.07, 6.45) is 5.07. The average Bonchev–Trinajstić information content (AvgIpc) is 2.38. The lowest BCUT2D eigenvalue weighted by Gasteiger charge is -2.39. The van der Waals surface area contributed by atoms with Gasteiger partial charge in [-0.05, 0) is 46.1 Å². The van der Waals surface area contributed by atoms with Crippen LogP contribution in [0.4, 0.5) is 5.69 Å². The molecule has 2 unspecified atom stereocenters. The number of hydrogen-bond donors (Lipinski definition) is 1. The number of likely N-dealkylation sites (tertiary alicyclic amines) is 1. The largest absolute Gasteiger partial charge is 0.387 e. The summed E-state index contributed by atoms with van der Waals surface area (Å²) in [7, 11) is 1.84. The highest BCUT2D eigenvalue weighted by atomic mass is 16.2. The lowest BCUT2D eigenvalue weighted by Crippen LogP contribution is -2.47. The van der Waals surface area contributed by atoms with Crippen molar-refractivity contribution in [2.45, 2.75) is 52.1 Å². The van der Waals surface area contributed by atoms with Crippen molar-refractivity contribution in [2.75, 3.05) is 12.4 Å². The first-order valence-corrected chi connectivity index (χ1v) is 7.01. The molecule has 0 saturated carbocycles. The van der Waals surface area contributed by atoms with Crippen LogP contribution >= 0.6 is 0 Å². The Morgan fingerprint density at radius 1 is 1.37 bits per heavy atom. The molecule has 0 radical (unpaired) electrons. The van der Waals surface area contributed by atoms with Gasteiger partial charge in [-0.15, -0.1) is 0 Å². The number of carbonyl (C=O) groups is 1. The van der Waals surface area contributed by atoms with Gasteiger partial charge in [0.25, 0.3) is 5.91 Å². The molecular formula is C15H23N3O. The number of amides is 1. The fourth-order valence-corrected chi connectivity index (χ4v) is 2.90. The van der Waals surface area contributed by atoms with Gasteiger partial charge < -0.3 is 10.2 Å². The standard InChI is InChI=1S/C15H23N3O/c1-10-8-14(16-4)13(9-17-10)15(19)18-11(2)6-5-7-12(18)3/h8-9,11-12H,5-7H2,1-4H3,(H,16,17). The van der Waals surface area contributed by atoms with E-state index in [1.807, 2.05) is 24.9 Å². The van der Waals surface area contributed by atoms with Crippen LogP contribution < -0.4 is 5.32 Å². The first-order chi connectivity index (χ1) is 9.04. The van der Waals surface area contributed by atoms with E-state index in [1.54, 1.807) is 6.20 Å². The molecule has 4 heteroatoms. The molecule has 1 aliphatic rings. The van der Waals surface area contributed by atoms with Gasteiger partial charge in [0, 0.05) is 31.0 Å². The third-order valence-corrected chi connectivity index (χ3v) is 3.97. The SMILES string of the molecule is CNc1cc(C)ncc1C(=O)N1C(C)CCCC1C. The van der Waals surface area contributed by atoms with E-state index in [2.05, 4.69) is 24.1 Å². The summed E-state index contributed by atoms with van der Waals surface area (Å²) < 4.78 is 0. The van der Waals surface area contributed by atoms with Gasteiger partial charge in [0.15, 0.2) is 0 Å². The maximum atomic E-state index is 12.8. The smallest absolute Gasteiger partial charge is 0.258 e. The van der Waals surface area contributed by atoms with Gasteiger partial charge in [0.2, 0.25) is 0 Å². The Morgan fingerprint density at radius 2 is 2.00 bits per heavy atom. The van der Waals surface area contributed by atoms with Crippen LogP contribution in [0.1, 0.15) is 49.2 Å². The van der Waals surface area contributed by atoms with E-state index in [9.17, 15) is 4.79 Å². The molecule has 4 nitrogen and oxygen atoms in total. The molecule has 1 aromatic rings. The predicted molar refractivity (Wildman–Crippen MR) is 77.5 cm³/mol. The van der Waals surface area contributed by atoms with Gasteiger partial charge >= 0.3 is 0 Å². The molecule has 1 fully saturated rings. The number of hydrogen-bond acceptors (Lipinski definition) is 3. The second-order valence-electron chi connectivity index (χ2n) is 5.46. The Kier molecular flexibility index (Phi) is 4.08. The van der Waals surface area contributed by atoms with Crippen molar-refractivity contribution in [3.05, 3.63) is 23.5 Å². The summed E-state index contributed by atoms with van der Waals surface area (Å²) >= 11 is 0. The zero-order valence-electron chi connectivity index (χ0n) is 12.2. The van der Waals surface area contributed by atoms with Crippen LogP contribution in [0.5, 0.6) is 0 Å². The molecule has 1 N–H and O–H groups in total. The Hall–Kier alpha value is -1.58. The normalized spacial score (nSPS) is 23.3. The summed E-state index contributed by atoms with van der Waals surface area (Å²) in [5, 5.41) is 3.10. The number of carbonyl (C=O) groups excluding carboxylic acids is 1. The van der Waals surface area contributed by atoms with Crippen LogP contribution in [0, 0.1) is 6.92 Å². The molecule has 1 aliphatic heterocycles. The Balaban J connectivity index is 2.32. The fraction of sp³-hybridized carbons (Fsp3) is 0.600. The van der Waals surface area contributed by atoms with Crippen LogP contribution in [0.2, 0.25) is 0 Å².